The minimum Gasteiger partial charge on any atom is -0.103 e. The van der Waals surface area contributed by atoms with E-state index < -0.39 is 0 Å². The molecule has 0 N–H and O–H groups in total. The topological polar surface area (TPSA) is 0 Å². The van der Waals surface area contributed by atoms with E-state index in [1.807, 2.05) is 0 Å². The Morgan fingerprint density at radius 2 is 1.82 bits per heavy atom. The number of rotatable bonds is 9. The van der Waals surface area contributed by atoms with Crippen LogP contribution in [-0.4, -0.2) is 0 Å². The molecule has 0 amide bonds. The van der Waals surface area contributed by atoms with Crippen LogP contribution in [0.3, 0.4) is 0 Å². The van der Waals surface area contributed by atoms with Crippen molar-refractivity contribution in [2.75, 3.05) is 0 Å². The van der Waals surface area contributed by atoms with Crippen molar-refractivity contribution in [1.82, 2.24) is 0 Å². The van der Waals surface area contributed by atoms with Gasteiger partial charge in [-0.1, -0.05) is 64.7 Å². The highest BCUT2D eigenvalue weighted by atomic mass is 14.2. The molecule has 0 heterocycles. The van der Waals surface area contributed by atoms with Crippen LogP contribution in [0.15, 0.2) is 24.3 Å². The molecule has 0 nitrogen and oxygen atoms in total. The van der Waals surface area contributed by atoms with Gasteiger partial charge in [0.15, 0.2) is 0 Å². The minimum absolute atomic E-state index is 0.675. The molecule has 0 aliphatic rings. The first kappa shape index (κ1) is 16.5. The molecule has 0 aromatic rings. The fourth-order valence-electron chi connectivity index (χ4n) is 2.26. The standard InChI is InChI=1S/C17H32/c1-7-10-11-12-16(8-2)13-17(9-3)15(6)14(4)5/h8-9,14-16H,2,7,10-13H2,1,3-6H3. The highest BCUT2D eigenvalue weighted by Gasteiger charge is 2.15. The first-order valence-electron chi connectivity index (χ1n) is 7.34. The van der Waals surface area contributed by atoms with Crippen molar-refractivity contribution >= 4 is 0 Å². The molecule has 0 saturated carbocycles. The number of hydrogen-bond acceptors (Lipinski definition) is 0. The third-order valence-electron chi connectivity index (χ3n) is 3.97. The molecular formula is C17H32. The maximum Gasteiger partial charge on any atom is -0.0199 e. The van der Waals surface area contributed by atoms with Crippen LogP contribution in [0.2, 0.25) is 0 Å². The maximum absolute atomic E-state index is 4.00. The van der Waals surface area contributed by atoms with Crippen LogP contribution in [0, 0.1) is 17.8 Å². The summed E-state index contributed by atoms with van der Waals surface area (Å²) in [4.78, 5) is 0. The Kier molecular flexibility index (Phi) is 9.21. The summed E-state index contributed by atoms with van der Waals surface area (Å²) in [5.74, 6) is 2.12. The number of hydrogen-bond donors (Lipinski definition) is 0. The summed E-state index contributed by atoms with van der Waals surface area (Å²) < 4.78 is 0. The summed E-state index contributed by atoms with van der Waals surface area (Å²) in [5, 5.41) is 0. The minimum atomic E-state index is 0.675. The Morgan fingerprint density at radius 3 is 2.24 bits per heavy atom. The highest BCUT2D eigenvalue weighted by Crippen LogP contribution is 2.28. The molecule has 0 aliphatic heterocycles. The van der Waals surface area contributed by atoms with E-state index in [-0.39, 0.29) is 0 Å². The van der Waals surface area contributed by atoms with Crippen LogP contribution in [0.25, 0.3) is 0 Å². The molecule has 17 heavy (non-hydrogen) atoms. The van der Waals surface area contributed by atoms with Gasteiger partial charge in [-0.3, -0.25) is 0 Å². The van der Waals surface area contributed by atoms with Crippen molar-refractivity contribution in [3.05, 3.63) is 24.3 Å². The van der Waals surface area contributed by atoms with Gasteiger partial charge in [0, 0.05) is 0 Å². The average molecular weight is 236 g/mol. The third-order valence-corrected chi connectivity index (χ3v) is 3.97. The van der Waals surface area contributed by atoms with Gasteiger partial charge in [0.25, 0.3) is 0 Å². The molecule has 0 saturated heterocycles. The van der Waals surface area contributed by atoms with Gasteiger partial charge < -0.3 is 0 Å². The Hall–Kier alpha value is -0.520. The van der Waals surface area contributed by atoms with Gasteiger partial charge in [0.1, 0.15) is 0 Å². The second-order valence-corrected chi connectivity index (χ2v) is 5.59. The van der Waals surface area contributed by atoms with Gasteiger partial charge in [-0.05, 0) is 37.5 Å². The molecule has 0 rings (SSSR count). The monoisotopic (exact) mass is 236 g/mol. The summed E-state index contributed by atoms with van der Waals surface area (Å²) in [6.07, 6.45) is 11.0. The quantitative estimate of drug-likeness (QED) is 0.340. The molecule has 100 valence electrons. The fraction of sp³-hybridized carbons (Fsp3) is 0.765. The Balaban J connectivity index is 4.28. The van der Waals surface area contributed by atoms with Crippen LogP contribution in [0.5, 0.6) is 0 Å². The van der Waals surface area contributed by atoms with Crippen molar-refractivity contribution in [3.63, 3.8) is 0 Å². The molecule has 0 aromatic heterocycles. The van der Waals surface area contributed by atoms with Crippen LogP contribution in [-0.2, 0) is 0 Å². The Morgan fingerprint density at radius 1 is 1.18 bits per heavy atom. The highest BCUT2D eigenvalue weighted by molar-refractivity contribution is 5.08. The van der Waals surface area contributed by atoms with Crippen LogP contribution in [0.1, 0.15) is 66.7 Å². The first-order chi connectivity index (χ1) is 8.06. The lowest BCUT2D eigenvalue weighted by molar-refractivity contribution is 0.437. The predicted molar refractivity (Wildman–Crippen MR) is 80.2 cm³/mol. The number of unbranched alkanes of at least 4 members (excludes halogenated alkanes) is 2. The van der Waals surface area contributed by atoms with E-state index in [2.05, 4.69) is 53.3 Å². The van der Waals surface area contributed by atoms with E-state index >= 15 is 0 Å². The SMILES string of the molecule is C=CC(CCCCC)CC(=CC)C(C)C(C)C. The van der Waals surface area contributed by atoms with E-state index in [1.54, 1.807) is 5.57 Å². The molecule has 2 unspecified atom stereocenters. The van der Waals surface area contributed by atoms with Gasteiger partial charge in [-0.2, -0.15) is 0 Å². The van der Waals surface area contributed by atoms with Gasteiger partial charge in [0.05, 0.1) is 0 Å². The van der Waals surface area contributed by atoms with Gasteiger partial charge in [-0.25, -0.2) is 0 Å². The smallest absolute Gasteiger partial charge is 0.0199 e. The molecule has 0 spiro atoms. The molecule has 0 radical (unpaired) electrons. The van der Waals surface area contributed by atoms with Gasteiger partial charge >= 0.3 is 0 Å². The molecule has 2 atom stereocenters. The summed E-state index contributed by atoms with van der Waals surface area (Å²) >= 11 is 0. The lowest BCUT2D eigenvalue weighted by atomic mass is 9.83. The molecule has 0 aliphatic carbocycles. The second-order valence-electron chi connectivity index (χ2n) is 5.59. The zero-order valence-electron chi connectivity index (χ0n) is 12.6. The van der Waals surface area contributed by atoms with Crippen molar-refractivity contribution in [3.8, 4) is 0 Å². The first-order valence-corrected chi connectivity index (χ1v) is 7.34. The van der Waals surface area contributed by atoms with E-state index in [1.165, 1.54) is 32.1 Å². The molecular weight excluding hydrogens is 204 g/mol. The Bertz CT molecular complexity index is 222. The largest absolute Gasteiger partial charge is 0.103 e. The molecule has 0 fully saturated rings. The van der Waals surface area contributed by atoms with Gasteiger partial charge in [-0.15, -0.1) is 6.58 Å². The van der Waals surface area contributed by atoms with Gasteiger partial charge in [0.2, 0.25) is 0 Å². The molecule has 0 bridgehead atoms. The Labute approximate surface area is 109 Å². The zero-order valence-corrected chi connectivity index (χ0v) is 12.6. The molecule has 0 heteroatoms. The normalized spacial score (nSPS) is 16.0. The van der Waals surface area contributed by atoms with E-state index in [0.29, 0.717) is 11.8 Å². The lowest BCUT2D eigenvalue weighted by Crippen LogP contribution is -2.10. The fourth-order valence-corrected chi connectivity index (χ4v) is 2.26. The van der Waals surface area contributed by atoms with Crippen molar-refractivity contribution < 1.29 is 0 Å². The lowest BCUT2D eigenvalue weighted by Gasteiger charge is -2.23. The summed E-state index contributed by atoms with van der Waals surface area (Å²) in [7, 11) is 0. The zero-order chi connectivity index (χ0) is 13.3. The van der Waals surface area contributed by atoms with Crippen LogP contribution < -0.4 is 0 Å². The van der Waals surface area contributed by atoms with E-state index in [9.17, 15) is 0 Å². The second kappa shape index (κ2) is 9.50. The summed E-state index contributed by atoms with van der Waals surface area (Å²) in [6, 6.07) is 0. The summed E-state index contributed by atoms with van der Waals surface area (Å²) in [5.41, 5.74) is 1.61. The summed E-state index contributed by atoms with van der Waals surface area (Å²) in [6.45, 7) is 15.4. The van der Waals surface area contributed by atoms with Crippen LogP contribution in [0.4, 0.5) is 0 Å². The van der Waals surface area contributed by atoms with Crippen molar-refractivity contribution in [1.29, 1.82) is 0 Å². The van der Waals surface area contributed by atoms with E-state index in [0.717, 1.165) is 5.92 Å². The van der Waals surface area contributed by atoms with Crippen molar-refractivity contribution in [2.24, 2.45) is 17.8 Å². The van der Waals surface area contributed by atoms with E-state index in [4.69, 9.17) is 0 Å². The molecule has 0 aromatic carbocycles. The third kappa shape index (κ3) is 6.71. The number of allylic oxidation sites excluding steroid dienone is 3. The van der Waals surface area contributed by atoms with Crippen molar-refractivity contribution in [2.45, 2.75) is 66.7 Å². The average Bonchev–Trinajstić information content (AvgIpc) is 2.32. The predicted octanol–water partition coefficient (Wildman–Crippen LogP) is 6.00. The maximum atomic E-state index is 4.00. The van der Waals surface area contributed by atoms with Crippen LogP contribution >= 0.6 is 0 Å².